The lowest BCUT2D eigenvalue weighted by Gasteiger charge is -1.92. The molecular formula is C7H8O3. The van der Waals surface area contributed by atoms with Crippen LogP contribution in [0, 0.1) is 0 Å². The summed E-state index contributed by atoms with van der Waals surface area (Å²) in [7, 11) is 1.57. The first kappa shape index (κ1) is 7.02. The van der Waals surface area contributed by atoms with Gasteiger partial charge in [-0.3, -0.25) is 4.79 Å². The Kier molecular flexibility index (Phi) is 2.23. The Morgan fingerprint density at radius 3 is 3.20 bits per heavy atom. The molecule has 1 aromatic rings. The Bertz CT molecular complexity index is 214. The largest absolute Gasteiger partial charge is 0.461 e. The second kappa shape index (κ2) is 3.17. The highest BCUT2D eigenvalue weighted by atomic mass is 16.5. The van der Waals surface area contributed by atoms with Crippen molar-refractivity contribution >= 4 is 6.29 Å². The summed E-state index contributed by atoms with van der Waals surface area (Å²) in [6, 6.07) is 1.72. The van der Waals surface area contributed by atoms with Gasteiger partial charge in [-0.05, 0) is 6.07 Å². The molecule has 54 valence electrons. The molecule has 10 heavy (non-hydrogen) atoms. The average Bonchev–Trinajstić information content (AvgIpc) is 2.36. The van der Waals surface area contributed by atoms with E-state index in [1.807, 2.05) is 0 Å². The zero-order valence-corrected chi connectivity index (χ0v) is 5.66. The van der Waals surface area contributed by atoms with Crippen molar-refractivity contribution in [3.05, 3.63) is 23.7 Å². The van der Waals surface area contributed by atoms with Crippen LogP contribution < -0.4 is 0 Å². The van der Waals surface area contributed by atoms with Gasteiger partial charge in [-0.15, -0.1) is 0 Å². The monoisotopic (exact) mass is 140 g/mol. The van der Waals surface area contributed by atoms with Gasteiger partial charge in [-0.25, -0.2) is 0 Å². The summed E-state index contributed by atoms with van der Waals surface area (Å²) >= 11 is 0. The summed E-state index contributed by atoms with van der Waals surface area (Å²) in [5.41, 5.74) is 0.789. The first-order chi connectivity index (χ1) is 4.88. The molecule has 0 aromatic carbocycles. The van der Waals surface area contributed by atoms with Crippen molar-refractivity contribution in [1.82, 2.24) is 0 Å². The molecule has 0 saturated carbocycles. The Balaban J connectivity index is 2.79. The number of furan rings is 1. The lowest BCUT2D eigenvalue weighted by Crippen LogP contribution is -1.88. The van der Waals surface area contributed by atoms with E-state index in [0.29, 0.717) is 18.7 Å². The number of carbonyl (C=O) groups is 1. The van der Waals surface area contributed by atoms with Crippen molar-refractivity contribution in [2.24, 2.45) is 0 Å². The molecule has 1 heterocycles. The first-order valence-electron chi connectivity index (χ1n) is 2.89. The maximum absolute atomic E-state index is 10.2. The minimum absolute atomic E-state index is 0.349. The standard InChI is InChI=1S/C7H8O3/c1-9-5-6-2-3-10-7(6)4-8/h2-4H,5H2,1H3. The average molecular weight is 140 g/mol. The summed E-state index contributed by atoms with van der Waals surface area (Å²) < 4.78 is 9.63. The van der Waals surface area contributed by atoms with Gasteiger partial charge < -0.3 is 9.15 Å². The van der Waals surface area contributed by atoms with Crippen LogP contribution in [-0.4, -0.2) is 13.4 Å². The van der Waals surface area contributed by atoms with E-state index < -0.39 is 0 Å². The fraction of sp³-hybridized carbons (Fsp3) is 0.286. The van der Waals surface area contributed by atoms with Gasteiger partial charge in [0, 0.05) is 12.7 Å². The molecule has 0 bridgehead atoms. The predicted molar refractivity (Wildman–Crippen MR) is 34.8 cm³/mol. The highest BCUT2D eigenvalue weighted by Gasteiger charge is 2.02. The van der Waals surface area contributed by atoms with Crippen LogP contribution in [0.1, 0.15) is 16.1 Å². The quantitative estimate of drug-likeness (QED) is 0.593. The lowest BCUT2D eigenvalue weighted by atomic mass is 10.3. The molecule has 1 aromatic heterocycles. The van der Waals surface area contributed by atoms with Crippen molar-refractivity contribution in [3.63, 3.8) is 0 Å². The zero-order chi connectivity index (χ0) is 7.40. The summed E-state index contributed by atoms with van der Waals surface area (Å²) in [6.45, 7) is 0.421. The first-order valence-corrected chi connectivity index (χ1v) is 2.89. The lowest BCUT2D eigenvalue weighted by molar-refractivity contribution is 0.109. The van der Waals surface area contributed by atoms with E-state index >= 15 is 0 Å². The van der Waals surface area contributed by atoms with Crippen molar-refractivity contribution in [2.45, 2.75) is 6.61 Å². The molecular weight excluding hydrogens is 132 g/mol. The number of rotatable bonds is 3. The molecule has 0 amide bonds. The molecule has 0 aliphatic carbocycles. The van der Waals surface area contributed by atoms with Gasteiger partial charge in [0.15, 0.2) is 12.0 Å². The van der Waals surface area contributed by atoms with Gasteiger partial charge in [0.1, 0.15) is 0 Å². The van der Waals surface area contributed by atoms with Crippen molar-refractivity contribution in [1.29, 1.82) is 0 Å². The molecule has 0 unspecified atom stereocenters. The molecule has 3 nitrogen and oxygen atoms in total. The normalized spacial score (nSPS) is 9.70. The molecule has 0 radical (unpaired) electrons. The van der Waals surface area contributed by atoms with E-state index in [1.54, 1.807) is 13.2 Å². The van der Waals surface area contributed by atoms with Gasteiger partial charge >= 0.3 is 0 Å². The highest BCUT2D eigenvalue weighted by molar-refractivity contribution is 5.72. The van der Waals surface area contributed by atoms with E-state index in [2.05, 4.69) is 0 Å². The zero-order valence-electron chi connectivity index (χ0n) is 5.66. The van der Waals surface area contributed by atoms with Crippen LogP contribution in [0.15, 0.2) is 16.7 Å². The molecule has 3 heteroatoms. The van der Waals surface area contributed by atoms with Crippen molar-refractivity contribution in [2.75, 3.05) is 7.11 Å². The van der Waals surface area contributed by atoms with E-state index in [-0.39, 0.29) is 0 Å². The molecule has 0 spiro atoms. The topological polar surface area (TPSA) is 39.4 Å². The van der Waals surface area contributed by atoms with E-state index in [0.717, 1.165) is 5.56 Å². The summed E-state index contributed by atoms with van der Waals surface area (Å²) in [5, 5.41) is 0. The fourth-order valence-corrected chi connectivity index (χ4v) is 0.725. The molecule has 0 saturated heterocycles. The van der Waals surface area contributed by atoms with Gasteiger partial charge in [0.05, 0.1) is 12.9 Å². The Morgan fingerprint density at radius 2 is 2.60 bits per heavy atom. The third-order valence-electron chi connectivity index (χ3n) is 1.19. The van der Waals surface area contributed by atoms with E-state index in [4.69, 9.17) is 9.15 Å². The number of aldehydes is 1. The minimum atomic E-state index is 0.349. The SMILES string of the molecule is COCc1ccoc1C=O. The molecule has 0 atom stereocenters. The highest BCUT2D eigenvalue weighted by Crippen LogP contribution is 2.07. The Hall–Kier alpha value is -1.09. The summed E-state index contributed by atoms with van der Waals surface area (Å²) in [6.07, 6.45) is 2.15. The van der Waals surface area contributed by atoms with Crippen LogP contribution >= 0.6 is 0 Å². The van der Waals surface area contributed by atoms with Gasteiger partial charge in [-0.2, -0.15) is 0 Å². The van der Waals surface area contributed by atoms with Gasteiger partial charge in [0.2, 0.25) is 0 Å². The number of ether oxygens (including phenoxy) is 1. The maximum atomic E-state index is 10.2. The van der Waals surface area contributed by atoms with Crippen LogP contribution in [0.4, 0.5) is 0 Å². The van der Waals surface area contributed by atoms with Crippen molar-refractivity contribution < 1.29 is 13.9 Å². The summed E-state index contributed by atoms with van der Waals surface area (Å²) in [5.74, 6) is 0.349. The fourth-order valence-electron chi connectivity index (χ4n) is 0.725. The summed E-state index contributed by atoms with van der Waals surface area (Å²) in [4.78, 5) is 10.2. The predicted octanol–water partition coefficient (Wildman–Crippen LogP) is 1.24. The smallest absolute Gasteiger partial charge is 0.185 e. The third kappa shape index (κ3) is 1.25. The number of hydrogen-bond donors (Lipinski definition) is 0. The third-order valence-corrected chi connectivity index (χ3v) is 1.19. The molecule has 0 aliphatic heterocycles. The number of carbonyl (C=O) groups excluding carboxylic acids is 1. The van der Waals surface area contributed by atoms with E-state index in [9.17, 15) is 4.79 Å². The van der Waals surface area contributed by atoms with Gasteiger partial charge in [0.25, 0.3) is 0 Å². The Labute approximate surface area is 58.6 Å². The molecule has 0 aliphatic rings. The van der Waals surface area contributed by atoms with Gasteiger partial charge in [-0.1, -0.05) is 0 Å². The van der Waals surface area contributed by atoms with Crippen molar-refractivity contribution in [3.8, 4) is 0 Å². The molecule has 0 N–H and O–H groups in total. The van der Waals surface area contributed by atoms with Crippen LogP contribution in [0.3, 0.4) is 0 Å². The van der Waals surface area contributed by atoms with Crippen LogP contribution in [-0.2, 0) is 11.3 Å². The maximum Gasteiger partial charge on any atom is 0.185 e. The Morgan fingerprint density at radius 1 is 1.80 bits per heavy atom. The number of methoxy groups -OCH3 is 1. The minimum Gasteiger partial charge on any atom is -0.461 e. The van der Waals surface area contributed by atoms with Crippen LogP contribution in [0.25, 0.3) is 0 Å². The molecule has 1 rings (SSSR count). The number of hydrogen-bond acceptors (Lipinski definition) is 3. The van der Waals surface area contributed by atoms with E-state index in [1.165, 1.54) is 6.26 Å². The second-order valence-electron chi connectivity index (χ2n) is 1.86. The second-order valence-corrected chi connectivity index (χ2v) is 1.86. The van der Waals surface area contributed by atoms with Crippen LogP contribution in [0.5, 0.6) is 0 Å². The molecule has 0 fully saturated rings. The van der Waals surface area contributed by atoms with Crippen LogP contribution in [0.2, 0.25) is 0 Å².